The number of hydrogen-bond donors (Lipinski definition) is 0. The molecule has 22 heavy (non-hydrogen) atoms. The second-order valence-electron chi connectivity index (χ2n) is 5.19. The van der Waals surface area contributed by atoms with Crippen LogP contribution in [0.15, 0.2) is 34.9 Å². The first kappa shape index (κ1) is 16.5. The van der Waals surface area contributed by atoms with Crippen molar-refractivity contribution in [2.75, 3.05) is 14.2 Å². The minimum atomic E-state index is -0.0479. The van der Waals surface area contributed by atoms with E-state index in [1.807, 2.05) is 32.0 Å². The molecule has 0 aliphatic carbocycles. The Labute approximate surface area is 139 Å². The largest absolute Gasteiger partial charge is 0.496 e. The van der Waals surface area contributed by atoms with Gasteiger partial charge in [-0.05, 0) is 41.9 Å². The normalized spacial score (nSPS) is 10.4. The van der Waals surface area contributed by atoms with Crippen LogP contribution in [0.4, 0.5) is 0 Å². The van der Waals surface area contributed by atoms with Crippen LogP contribution in [-0.4, -0.2) is 29.9 Å². The van der Waals surface area contributed by atoms with Crippen LogP contribution in [0, 0.1) is 13.8 Å². The zero-order valence-electron chi connectivity index (χ0n) is 13.2. The number of aryl methyl sites for hydroxylation is 1. The number of methoxy groups -OCH3 is 1. The number of nitrogens with zero attached hydrogens (tertiary/aromatic N) is 2. The molecule has 4 nitrogen and oxygen atoms in total. The lowest BCUT2D eigenvalue weighted by atomic mass is 10.1. The highest BCUT2D eigenvalue weighted by Gasteiger charge is 2.17. The Balaban J connectivity index is 2.24. The molecule has 5 heteroatoms. The van der Waals surface area contributed by atoms with Crippen LogP contribution in [0.2, 0.25) is 0 Å². The van der Waals surface area contributed by atoms with Gasteiger partial charge in [-0.2, -0.15) is 0 Å². The predicted molar refractivity (Wildman–Crippen MR) is 90.2 cm³/mol. The van der Waals surface area contributed by atoms with Crippen molar-refractivity contribution >= 4 is 21.8 Å². The van der Waals surface area contributed by atoms with Crippen LogP contribution in [0.1, 0.15) is 27.2 Å². The molecule has 0 N–H and O–H groups in total. The molecule has 1 aromatic carbocycles. The van der Waals surface area contributed by atoms with Crippen molar-refractivity contribution in [1.82, 2.24) is 9.88 Å². The van der Waals surface area contributed by atoms with Crippen LogP contribution in [0.5, 0.6) is 5.75 Å². The third-order valence-electron chi connectivity index (χ3n) is 3.59. The third kappa shape index (κ3) is 3.30. The minimum absolute atomic E-state index is 0.0479. The molecule has 0 spiro atoms. The molecule has 1 aromatic heterocycles. The first-order valence-corrected chi connectivity index (χ1v) is 7.74. The molecular weight excluding hydrogens is 344 g/mol. The maximum Gasteiger partial charge on any atom is 0.255 e. The van der Waals surface area contributed by atoms with E-state index in [-0.39, 0.29) is 5.91 Å². The Hall–Kier alpha value is -1.88. The zero-order valence-corrected chi connectivity index (χ0v) is 14.8. The van der Waals surface area contributed by atoms with E-state index in [0.29, 0.717) is 12.1 Å². The fourth-order valence-electron chi connectivity index (χ4n) is 2.37. The molecule has 1 heterocycles. The standard InChI is InChI=1S/C17H19BrN2O2/c1-11-9-19-15(12(2)16(11)22-4)10-20(3)17(21)13-7-5-6-8-14(13)18/h5-9H,10H2,1-4H3. The van der Waals surface area contributed by atoms with Crippen LogP contribution >= 0.6 is 15.9 Å². The van der Waals surface area contributed by atoms with Crippen molar-refractivity contribution in [3.05, 3.63) is 57.3 Å². The van der Waals surface area contributed by atoms with Gasteiger partial charge in [0.25, 0.3) is 5.91 Å². The summed E-state index contributed by atoms with van der Waals surface area (Å²) >= 11 is 3.41. The second-order valence-corrected chi connectivity index (χ2v) is 6.04. The molecule has 0 unspecified atom stereocenters. The van der Waals surface area contributed by atoms with E-state index in [2.05, 4.69) is 20.9 Å². The Kier molecular flexibility index (Phi) is 5.19. The molecule has 0 saturated heterocycles. The molecule has 0 aliphatic rings. The van der Waals surface area contributed by atoms with Crippen molar-refractivity contribution in [3.63, 3.8) is 0 Å². The number of carbonyl (C=O) groups excluding carboxylic acids is 1. The van der Waals surface area contributed by atoms with Crippen LogP contribution in [-0.2, 0) is 6.54 Å². The lowest BCUT2D eigenvalue weighted by Gasteiger charge is -2.20. The Morgan fingerprint density at radius 1 is 1.32 bits per heavy atom. The average Bonchev–Trinajstić information content (AvgIpc) is 2.50. The first-order chi connectivity index (χ1) is 10.5. The van der Waals surface area contributed by atoms with Gasteiger partial charge in [0, 0.05) is 28.8 Å². The molecular formula is C17H19BrN2O2. The summed E-state index contributed by atoms with van der Waals surface area (Å²) in [5.41, 5.74) is 3.44. The van der Waals surface area contributed by atoms with E-state index >= 15 is 0 Å². The van der Waals surface area contributed by atoms with Gasteiger partial charge >= 0.3 is 0 Å². The fourth-order valence-corrected chi connectivity index (χ4v) is 2.82. The van der Waals surface area contributed by atoms with E-state index in [9.17, 15) is 4.79 Å². The summed E-state index contributed by atoms with van der Waals surface area (Å²) in [6, 6.07) is 7.40. The van der Waals surface area contributed by atoms with E-state index in [0.717, 1.165) is 27.0 Å². The van der Waals surface area contributed by atoms with Crippen molar-refractivity contribution in [2.45, 2.75) is 20.4 Å². The number of ether oxygens (including phenoxy) is 1. The number of benzene rings is 1. The van der Waals surface area contributed by atoms with Gasteiger partial charge in [-0.1, -0.05) is 12.1 Å². The Bertz CT molecular complexity index is 701. The Morgan fingerprint density at radius 3 is 2.64 bits per heavy atom. The predicted octanol–water partition coefficient (Wildman–Crippen LogP) is 3.74. The number of aromatic nitrogens is 1. The number of carbonyl (C=O) groups is 1. The van der Waals surface area contributed by atoms with E-state index in [1.165, 1.54) is 0 Å². The molecule has 2 rings (SSSR count). The highest BCUT2D eigenvalue weighted by Crippen LogP contribution is 2.25. The lowest BCUT2D eigenvalue weighted by Crippen LogP contribution is -2.27. The lowest BCUT2D eigenvalue weighted by molar-refractivity contribution is 0.0782. The maximum absolute atomic E-state index is 12.5. The van der Waals surface area contributed by atoms with Gasteiger partial charge in [-0.15, -0.1) is 0 Å². The van der Waals surface area contributed by atoms with Gasteiger partial charge in [0.05, 0.1) is 24.9 Å². The molecule has 1 amide bonds. The van der Waals surface area contributed by atoms with Gasteiger partial charge in [0.15, 0.2) is 0 Å². The summed E-state index contributed by atoms with van der Waals surface area (Å²) in [6.07, 6.45) is 1.78. The average molecular weight is 363 g/mol. The van der Waals surface area contributed by atoms with Gasteiger partial charge in [0.1, 0.15) is 5.75 Å². The number of halogens is 1. The molecule has 0 atom stereocenters. The fraction of sp³-hybridized carbons (Fsp3) is 0.294. The smallest absolute Gasteiger partial charge is 0.255 e. The molecule has 0 radical (unpaired) electrons. The van der Waals surface area contributed by atoms with E-state index < -0.39 is 0 Å². The number of amides is 1. The third-order valence-corrected chi connectivity index (χ3v) is 4.28. The summed E-state index contributed by atoms with van der Waals surface area (Å²) in [7, 11) is 3.42. The highest BCUT2D eigenvalue weighted by molar-refractivity contribution is 9.10. The quantitative estimate of drug-likeness (QED) is 0.831. The Morgan fingerprint density at radius 2 is 2.00 bits per heavy atom. The van der Waals surface area contributed by atoms with Gasteiger partial charge in [-0.25, -0.2) is 0 Å². The van der Waals surface area contributed by atoms with Crippen molar-refractivity contribution in [2.24, 2.45) is 0 Å². The van der Waals surface area contributed by atoms with Crippen molar-refractivity contribution in [3.8, 4) is 5.75 Å². The van der Waals surface area contributed by atoms with Crippen molar-refractivity contribution in [1.29, 1.82) is 0 Å². The molecule has 0 bridgehead atoms. The molecule has 0 saturated carbocycles. The summed E-state index contributed by atoms with van der Waals surface area (Å²) in [5, 5.41) is 0. The highest BCUT2D eigenvalue weighted by atomic mass is 79.9. The summed E-state index contributed by atoms with van der Waals surface area (Å²) < 4.78 is 6.20. The summed E-state index contributed by atoms with van der Waals surface area (Å²) in [5.74, 6) is 0.778. The van der Waals surface area contributed by atoms with Gasteiger partial charge in [-0.3, -0.25) is 9.78 Å². The van der Waals surface area contributed by atoms with Crippen molar-refractivity contribution < 1.29 is 9.53 Å². The van der Waals surface area contributed by atoms with E-state index in [4.69, 9.17) is 4.74 Å². The zero-order chi connectivity index (χ0) is 16.3. The summed E-state index contributed by atoms with van der Waals surface area (Å²) in [4.78, 5) is 18.6. The van der Waals surface area contributed by atoms with Gasteiger partial charge < -0.3 is 9.64 Å². The van der Waals surface area contributed by atoms with E-state index in [1.54, 1.807) is 31.3 Å². The van der Waals surface area contributed by atoms with Crippen LogP contribution < -0.4 is 4.74 Å². The minimum Gasteiger partial charge on any atom is -0.496 e. The number of rotatable bonds is 4. The summed E-state index contributed by atoms with van der Waals surface area (Å²) in [6.45, 7) is 4.35. The first-order valence-electron chi connectivity index (χ1n) is 6.94. The van der Waals surface area contributed by atoms with Gasteiger partial charge in [0.2, 0.25) is 0 Å². The molecule has 0 fully saturated rings. The molecule has 2 aromatic rings. The topological polar surface area (TPSA) is 42.4 Å². The van der Waals surface area contributed by atoms with Crippen LogP contribution in [0.25, 0.3) is 0 Å². The number of hydrogen-bond acceptors (Lipinski definition) is 3. The SMILES string of the molecule is COc1c(C)cnc(CN(C)C(=O)c2ccccc2Br)c1C. The maximum atomic E-state index is 12.5. The number of pyridine rings is 1. The second kappa shape index (κ2) is 6.92. The van der Waals surface area contributed by atoms with Crippen LogP contribution in [0.3, 0.4) is 0 Å². The molecule has 116 valence electrons. The monoisotopic (exact) mass is 362 g/mol. The molecule has 0 aliphatic heterocycles.